The average molecular weight is 263 g/mol. The molecule has 104 valence electrons. The topological polar surface area (TPSA) is 52.3 Å². The number of rotatable bonds is 2. The highest BCUT2D eigenvalue weighted by molar-refractivity contribution is 5.73. The summed E-state index contributed by atoms with van der Waals surface area (Å²) in [6.45, 7) is 0. The molecule has 2 unspecified atom stereocenters. The van der Waals surface area contributed by atoms with Gasteiger partial charge in [0.1, 0.15) is 5.76 Å². The van der Waals surface area contributed by atoms with Crippen molar-refractivity contribution in [2.24, 2.45) is 5.92 Å². The second-order valence-corrected chi connectivity index (χ2v) is 5.70. The molecule has 1 saturated carbocycles. The molecular weight excluding hydrogens is 242 g/mol. The molecule has 0 radical (unpaired) electrons. The van der Waals surface area contributed by atoms with Gasteiger partial charge in [0, 0.05) is 11.5 Å². The number of nitrogens with zero attached hydrogens (tertiary/aromatic N) is 1. The van der Waals surface area contributed by atoms with Crippen molar-refractivity contribution in [3.8, 4) is 0 Å². The molecule has 1 fully saturated rings. The Hall–Kier alpha value is -1.32. The third kappa shape index (κ3) is 2.28. The van der Waals surface area contributed by atoms with Gasteiger partial charge < -0.3 is 9.26 Å². The van der Waals surface area contributed by atoms with E-state index in [9.17, 15) is 4.79 Å². The molecule has 4 nitrogen and oxygen atoms in total. The van der Waals surface area contributed by atoms with Gasteiger partial charge in [-0.2, -0.15) is 0 Å². The predicted molar refractivity (Wildman–Crippen MR) is 69.9 cm³/mol. The van der Waals surface area contributed by atoms with E-state index < -0.39 is 0 Å². The van der Waals surface area contributed by atoms with Gasteiger partial charge in [0.05, 0.1) is 18.7 Å². The van der Waals surface area contributed by atoms with Crippen LogP contribution in [0.25, 0.3) is 0 Å². The second kappa shape index (κ2) is 5.35. The fraction of sp³-hybridized carbons (Fsp3) is 0.733. The van der Waals surface area contributed by atoms with E-state index >= 15 is 0 Å². The van der Waals surface area contributed by atoms with Crippen LogP contribution in [0.15, 0.2) is 4.52 Å². The minimum absolute atomic E-state index is 0.0438. The first-order valence-corrected chi connectivity index (χ1v) is 7.36. The zero-order chi connectivity index (χ0) is 13.2. The van der Waals surface area contributed by atoms with Crippen LogP contribution in [0.2, 0.25) is 0 Å². The minimum atomic E-state index is -0.0920. The lowest BCUT2D eigenvalue weighted by molar-refractivity contribution is -0.147. The standard InChI is InChI=1S/C15H21NO3/c1-18-15(17)11-7-3-2-6-10(11)14-12-8-4-5-9-13(12)16-19-14/h10-11H,2-9H2,1H3. The third-order valence-corrected chi connectivity index (χ3v) is 4.60. The maximum absolute atomic E-state index is 12.0. The summed E-state index contributed by atoms with van der Waals surface area (Å²) >= 11 is 0. The molecule has 0 aromatic carbocycles. The maximum atomic E-state index is 12.0. The summed E-state index contributed by atoms with van der Waals surface area (Å²) in [5.41, 5.74) is 2.41. The SMILES string of the molecule is COC(=O)C1CCCCC1c1onc2c1CCCC2. The van der Waals surface area contributed by atoms with Crippen LogP contribution >= 0.6 is 0 Å². The highest BCUT2D eigenvalue weighted by Gasteiger charge is 2.37. The van der Waals surface area contributed by atoms with Crippen molar-refractivity contribution >= 4 is 5.97 Å². The lowest BCUT2D eigenvalue weighted by atomic mass is 9.76. The van der Waals surface area contributed by atoms with Crippen molar-refractivity contribution in [2.75, 3.05) is 7.11 Å². The molecule has 2 aliphatic rings. The van der Waals surface area contributed by atoms with Gasteiger partial charge in [-0.25, -0.2) is 0 Å². The molecule has 1 heterocycles. The van der Waals surface area contributed by atoms with Crippen LogP contribution in [-0.2, 0) is 22.4 Å². The molecule has 0 saturated heterocycles. The zero-order valence-corrected chi connectivity index (χ0v) is 11.5. The van der Waals surface area contributed by atoms with Crippen molar-refractivity contribution in [1.29, 1.82) is 0 Å². The Morgan fingerprint density at radius 1 is 1.21 bits per heavy atom. The van der Waals surface area contributed by atoms with Crippen molar-refractivity contribution in [1.82, 2.24) is 5.16 Å². The molecule has 2 aliphatic carbocycles. The summed E-state index contributed by atoms with van der Waals surface area (Å²) in [5, 5.41) is 4.22. The van der Waals surface area contributed by atoms with E-state index in [-0.39, 0.29) is 17.8 Å². The van der Waals surface area contributed by atoms with Crippen molar-refractivity contribution in [3.63, 3.8) is 0 Å². The number of hydrogen-bond donors (Lipinski definition) is 0. The lowest BCUT2D eigenvalue weighted by Gasteiger charge is -2.28. The Bertz CT molecular complexity index is 466. The lowest BCUT2D eigenvalue weighted by Crippen LogP contribution is -2.27. The first kappa shape index (κ1) is 12.7. The summed E-state index contributed by atoms with van der Waals surface area (Å²) in [5.74, 6) is 1.02. The fourth-order valence-electron chi connectivity index (χ4n) is 3.58. The molecule has 0 aliphatic heterocycles. The van der Waals surface area contributed by atoms with E-state index in [0.29, 0.717) is 0 Å². The Balaban J connectivity index is 1.90. The highest BCUT2D eigenvalue weighted by atomic mass is 16.5. The van der Waals surface area contributed by atoms with Crippen LogP contribution in [0.3, 0.4) is 0 Å². The van der Waals surface area contributed by atoms with Crippen LogP contribution < -0.4 is 0 Å². The molecule has 0 spiro atoms. The number of ether oxygens (including phenoxy) is 1. The van der Waals surface area contributed by atoms with E-state index in [4.69, 9.17) is 9.26 Å². The summed E-state index contributed by atoms with van der Waals surface area (Å²) < 4.78 is 10.6. The van der Waals surface area contributed by atoms with Crippen LogP contribution in [0.4, 0.5) is 0 Å². The van der Waals surface area contributed by atoms with Gasteiger partial charge >= 0.3 is 5.97 Å². The van der Waals surface area contributed by atoms with Gasteiger partial charge in [0.15, 0.2) is 0 Å². The molecule has 2 atom stereocenters. The van der Waals surface area contributed by atoms with E-state index in [2.05, 4.69) is 5.16 Å². The molecular formula is C15H21NO3. The smallest absolute Gasteiger partial charge is 0.309 e. The first-order valence-electron chi connectivity index (χ1n) is 7.36. The fourth-order valence-corrected chi connectivity index (χ4v) is 3.58. The van der Waals surface area contributed by atoms with Crippen molar-refractivity contribution in [2.45, 2.75) is 57.3 Å². The second-order valence-electron chi connectivity index (χ2n) is 5.70. The minimum Gasteiger partial charge on any atom is -0.469 e. The Morgan fingerprint density at radius 2 is 2.00 bits per heavy atom. The zero-order valence-electron chi connectivity index (χ0n) is 11.5. The normalized spacial score (nSPS) is 26.8. The van der Waals surface area contributed by atoms with Crippen LogP contribution in [-0.4, -0.2) is 18.2 Å². The van der Waals surface area contributed by atoms with Gasteiger partial charge in [-0.15, -0.1) is 0 Å². The summed E-state index contributed by atoms with van der Waals surface area (Å²) in [7, 11) is 1.48. The van der Waals surface area contributed by atoms with Crippen LogP contribution in [0, 0.1) is 5.92 Å². The molecule has 1 aromatic rings. The Labute approximate surface area is 113 Å². The summed E-state index contributed by atoms with van der Waals surface area (Å²) in [4.78, 5) is 12.0. The summed E-state index contributed by atoms with van der Waals surface area (Å²) in [6.07, 6.45) is 8.67. The first-order chi connectivity index (χ1) is 9.31. The predicted octanol–water partition coefficient (Wildman–Crippen LogP) is 3.00. The van der Waals surface area contributed by atoms with E-state index in [1.807, 2.05) is 0 Å². The van der Waals surface area contributed by atoms with E-state index in [1.54, 1.807) is 0 Å². The molecule has 0 bridgehead atoms. The maximum Gasteiger partial charge on any atom is 0.309 e. The van der Waals surface area contributed by atoms with Crippen LogP contribution in [0.1, 0.15) is 61.5 Å². The monoisotopic (exact) mass is 263 g/mol. The number of esters is 1. The number of carbonyl (C=O) groups is 1. The molecule has 0 N–H and O–H groups in total. The van der Waals surface area contributed by atoms with Gasteiger partial charge in [-0.3, -0.25) is 4.79 Å². The van der Waals surface area contributed by atoms with Crippen LogP contribution in [0.5, 0.6) is 0 Å². The number of hydrogen-bond acceptors (Lipinski definition) is 4. The average Bonchev–Trinajstić information content (AvgIpc) is 2.90. The molecule has 1 aromatic heterocycles. The summed E-state index contributed by atoms with van der Waals surface area (Å²) in [6, 6.07) is 0. The molecule has 0 amide bonds. The van der Waals surface area contributed by atoms with E-state index in [1.165, 1.54) is 25.5 Å². The Kier molecular flexibility index (Phi) is 3.58. The third-order valence-electron chi connectivity index (χ3n) is 4.60. The van der Waals surface area contributed by atoms with Gasteiger partial charge in [0.25, 0.3) is 0 Å². The number of carbonyl (C=O) groups excluding carboxylic acids is 1. The number of methoxy groups -OCH3 is 1. The van der Waals surface area contributed by atoms with Gasteiger partial charge in [-0.1, -0.05) is 18.0 Å². The molecule has 3 rings (SSSR count). The van der Waals surface area contributed by atoms with Gasteiger partial charge in [-0.05, 0) is 38.5 Å². The van der Waals surface area contributed by atoms with Crippen molar-refractivity contribution < 1.29 is 14.1 Å². The molecule has 4 heteroatoms. The number of aryl methyl sites for hydroxylation is 1. The Morgan fingerprint density at radius 3 is 2.84 bits per heavy atom. The number of aromatic nitrogens is 1. The van der Waals surface area contributed by atoms with E-state index in [0.717, 1.165) is 50.0 Å². The molecule has 19 heavy (non-hydrogen) atoms. The highest BCUT2D eigenvalue weighted by Crippen LogP contribution is 2.41. The number of fused-ring (bicyclic) bond motifs is 1. The largest absolute Gasteiger partial charge is 0.469 e. The quantitative estimate of drug-likeness (QED) is 0.770. The van der Waals surface area contributed by atoms with Crippen molar-refractivity contribution in [3.05, 3.63) is 17.0 Å². The van der Waals surface area contributed by atoms with Gasteiger partial charge in [0.2, 0.25) is 0 Å².